The lowest BCUT2D eigenvalue weighted by atomic mass is 10.0. The fourth-order valence-electron chi connectivity index (χ4n) is 2.20. The monoisotopic (exact) mass is 272 g/mol. The van der Waals surface area contributed by atoms with Gasteiger partial charge in [0, 0.05) is 25.0 Å². The van der Waals surface area contributed by atoms with Gasteiger partial charge in [-0.3, -0.25) is 4.79 Å². The van der Waals surface area contributed by atoms with E-state index in [0.29, 0.717) is 12.1 Å². The molecule has 19 heavy (non-hydrogen) atoms. The normalized spacial score (nSPS) is 21.2. The van der Waals surface area contributed by atoms with Gasteiger partial charge < -0.3 is 10.6 Å². The third kappa shape index (κ3) is 4.24. The van der Waals surface area contributed by atoms with E-state index in [4.69, 9.17) is 0 Å². The molecule has 0 saturated carbocycles. The molecule has 104 valence electrons. The van der Waals surface area contributed by atoms with Crippen LogP contribution in [0.3, 0.4) is 0 Å². The topological polar surface area (TPSA) is 41.1 Å². The predicted octanol–water partition coefficient (Wildman–Crippen LogP) is 2.16. The molecular weight excluding hydrogens is 257 g/mol. The van der Waals surface area contributed by atoms with E-state index in [1.165, 1.54) is 0 Å². The SMILES string of the molecule is O=C1CC(NC(CC(F)(F)F)c2ccccc2)CN1. The number of alkyl halides is 3. The number of rotatable bonds is 4. The molecule has 2 N–H and O–H groups in total. The summed E-state index contributed by atoms with van der Waals surface area (Å²) in [6, 6.07) is 7.42. The quantitative estimate of drug-likeness (QED) is 0.882. The van der Waals surface area contributed by atoms with E-state index in [2.05, 4.69) is 10.6 Å². The Morgan fingerprint density at radius 3 is 2.53 bits per heavy atom. The van der Waals surface area contributed by atoms with Crippen molar-refractivity contribution in [3.8, 4) is 0 Å². The van der Waals surface area contributed by atoms with Crippen molar-refractivity contribution >= 4 is 5.91 Å². The van der Waals surface area contributed by atoms with E-state index >= 15 is 0 Å². The van der Waals surface area contributed by atoms with Gasteiger partial charge in [-0.1, -0.05) is 30.3 Å². The van der Waals surface area contributed by atoms with Crippen LogP contribution < -0.4 is 10.6 Å². The van der Waals surface area contributed by atoms with E-state index < -0.39 is 18.6 Å². The van der Waals surface area contributed by atoms with Gasteiger partial charge in [-0.25, -0.2) is 0 Å². The van der Waals surface area contributed by atoms with E-state index in [0.717, 1.165) is 0 Å². The summed E-state index contributed by atoms with van der Waals surface area (Å²) >= 11 is 0. The minimum absolute atomic E-state index is 0.128. The molecule has 1 aliphatic heterocycles. The van der Waals surface area contributed by atoms with Crippen molar-refractivity contribution in [3.05, 3.63) is 35.9 Å². The van der Waals surface area contributed by atoms with Crippen molar-refractivity contribution in [2.75, 3.05) is 6.54 Å². The van der Waals surface area contributed by atoms with Gasteiger partial charge in [-0.2, -0.15) is 13.2 Å². The summed E-state index contributed by atoms with van der Waals surface area (Å²) in [6.45, 7) is 0.375. The van der Waals surface area contributed by atoms with Crippen LogP contribution >= 0.6 is 0 Å². The van der Waals surface area contributed by atoms with Crippen molar-refractivity contribution < 1.29 is 18.0 Å². The maximum Gasteiger partial charge on any atom is 0.390 e. The second-order valence-corrected chi connectivity index (χ2v) is 4.65. The number of hydrogen-bond acceptors (Lipinski definition) is 2. The third-order valence-electron chi connectivity index (χ3n) is 3.05. The molecule has 1 amide bonds. The van der Waals surface area contributed by atoms with Crippen molar-refractivity contribution in [1.29, 1.82) is 0 Å². The summed E-state index contributed by atoms with van der Waals surface area (Å²) in [5, 5.41) is 5.52. The summed E-state index contributed by atoms with van der Waals surface area (Å²) in [5.41, 5.74) is 0.583. The molecule has 3 nitrogen and oxygen atoms in total. The summed E-state index contributed by atoms with van der Waals surface area (Å²) < 4.78 is 37.9. The van der Waals surface area contributed by atoms with Gasteiger partial charge >= 0.3 is 6.18 Å². The average Bonchev–Trinajstić information content (AvgIpc) is 2.73. The van der Waals surface area contributed by atoms with Crippen LogP contribution in [0.4, 0.5) is 13.2 Å². The standard InChI is InChI=1S/C13H15F3N2O/c14-13(15,16)7-11(9-4-2-1-3-5-9)18-10-6-12(19)17-8-10/h1-5,10-11,18H,6-8H2,(H,17,19). The van der Waals surface area contributed by atoms with Crippen LogP contribution in [0.2, 0.25) is 0 Å². The molecule has 6 heteroatoms. The van der Waals surface area contributed by atoms with E-state index in [1.807, 2.05) is 0 Å². The van der Waals surface area contributed by atoms with E-state index in [1.54, 1.807) is 30.3 Å². The molecular formula is C13H15F3N2O. The van der Waals surface area contributed by atoms with Crippen LogP contribution in [0.15, 0.2) is 30.3 Å². The molecule has 0 spiro atoms. The lowest BCUT2D eigenvalue weighted by Gasteiger charge is -2.23. The molecule has 1 saturated heterocycles. The predicted molar refractivity (Wildman–Crippen MR) is 64.4 cm³/mol. The smallest absolute Gasteiger partial charge is 0.354 e. The molecule has 0 aliphatic carbocycles. The molecule has 1 aliphatic rings. The molecule has 2 atom stereocenters. The molecule has 0 radical (unpaired) electrons. The maximum absolute atomic E-state index is 12.6. The first-order valence-electron chi connectivity index (χ1n) is 6.08. The minimum Gasteiger partial charge on any atom is -0.354 e. The highest BCUT2D eigenvalue weighted by molar-refractivity contribution is 5.78. The number of carbonyl (C=O) groups is 1. The third-order valence-corrected chi connectivity index (χ3v) is 3.05. The number of benzene rings is 1. The van der Waals surface area contributed by atoms with Crippen molar-refractivity contribution in [1.82, 2.24) is 10.6 Å². The van der Waals surface area contributed by atoms with Crippen LogP contribution in [0, 0.1) is 0 Å². The zero-order valence-corrected chi connectivity index (χ0v) is 10.2. The number of carbonyl (C=O) groups excluding carboxylic acids is 1. The maximum atomic E-state index is 12.6. The molecule has 1 aromatic rings. The number of halogens is 3. The van der Waals surface area contributed by atoms with Gasteiger partial charge in [0.25, 0.3) is 0 Å². The summed E-state index contributed by atoms with van der Waals surface area (Å²) in [5.74, 6) is -0.128. The number of amides is 1. The first-order chi connectivity index (χ1) is 8.94. The van der Waals surface area contributed by atoms with Crippen molar-refractivity contribution in [2.45, 2.75) is 31.1 Å². The van der Waals surface area contributed by atoms with Gasteiger partial charge in [-0.15, -0.1) is 0 Å². The Hall–Kier alpha value is -1.56. The van der Waals surface area contributed by atoms with Gasteiger partial charge in [-0.05, 0) is 5.56 Å². The highest BCUT2D eigenvalue weighted by Gasteiger charge is 2.34. The van der Waals surface area contributed by atoms with Crippen LogP contribution in [-0.4, -0.2) is 24.7 Å². The highest BCUT2D eigenvalue weighted by Crippen LogP contribution is 2.30. The van der Waals surface area contributed by atoms with Crippen LogP contribution in [0.25, 0.3) is 0 Å². The molecule has 2 rings (SSSR count). The van der Waals surface area contributed by atoms with Gasteiger partial charge in [0.05, 0.1) is 6.42 Å². The first kappa shape index (κ1) is 13.9. The largest absolute Gasteiger partial charge is 0.390 e. The van der Waals surface area contributed by atoms with Crippen LogP contribution in [-0.2, 0) is 4.79 Å². The molecule has 1 fully saturated rings. The van der Waals surface area contributed by atoms with Gasteiger partial charge in [0.1, 0.15) is 0 Å². The Kier molecular flexibility index (Phi) is 4.09. The Morgan fingerprint density at radius 1 is 1.32 bits per heavy atom. The summed E-state index contributed by atoms with van der Waals surface area (Å²) in [7, 11) is 0. The van der Waals surface area contributed by atoms with Crippen LogP contribution in [0.1, 0.15) is 24.4 Å². The minimum atomic E-state index is -4.25. The molecule has 2 unspecified atom stereocenters. The summed E-state index contributed by atoms with van der Waals surface area (Å²) in [6.07, 6.45) is -4.97. The van der Waals surface area contributed by atoms with Gasteiger partial charge in [0.2, 0.25) is 5.91 Å². The second-order valence-electron chi connectivity index (χ2n) is 4.65. The summed E-state index contributed by atoms with van der Waals surface area (Å²) in [4.78, 5) is 11.1. The number of hydrogen-bond donors (Lipinski definition) is 2. The zero-order chi connectivity index (χ0) is 13.9. The average molecular weight is 272 g/mol. The van der Waals surface area contributed by atoms with E-state index in [9.17, 15) is 18.0 Å². The van der Waals surface area contributed by atoms with Crippen molar-refractivity contribution in [3.63, 3.8) is 0 Å². The van der Waals surface area contributed by atoms with Gasteiger partial charge in [0.15, 0.2) is 0 Å². The van der Waals surface area contributed by atoms with Crippen LogP contribution in [0.5, 0.6) is 0 Å². The Balaban J connectivity index is 2.08. The first-order valence-corrected chi connectivity index (χ1v) is 6.08. The molecule has 0 bridgehead atoms. The second kappa shape index (κ2) is 5.61. The fourth-order valence-corrected chi connectivity index (χ4v) is 2.20. The molecule has 1 heterocycles. The number of nitrogens with one attached hydrogen (secondary N) is 2. The fraction of sp³-hybridized carbons (Fsp3) is 0.462. The lowest BCUT2D eigenvalue weighted by molar-refractivity contribution is -0.140. The Bertz CT molecular complexity index is 433. The highest BCUT2D eigenvalue weighted by atomic mass is 19.4. The molecule has 1 aromatic carbocycles. The molecule has 0 aromatic heterocycles. The Labute approximate surface area is 109 Å². The Morgan fingerprint density at radius 2 is 2.00 bits per heavy atom. The lowest BCUT2D eigenvalue weighted by Crippen LogP contribution is -2.36. The van der Waals surface area contributed by atoms with E-state index in [-0.39, 0.29) is 18.4 Å². The zero-order valence-electron chi connectivity index (χ0n) is 10.2. The van der Waals surface area contributed by atoms with Crippen molar-refractivity contribution in [2.24, 2.45) is 0 Å².